The molecule has 0 aromatic carbocycles. The van der Waals surface area contributed by atoms with Crippen molar-refractivity contribution in [3.05, 3.63) is 16.9 Å². The molecule has 1 aromatic rings. The second-order valence-corrected chi connectivity index (χ2v) is 7.97. The molecular weight excluding hydrogens is 370 g/mol. The summed E-state index contributed by atoms with van der Waals surface area (Å²) in [6, 6.07) is 1.61. The molecule has 0 radical (unpaired) electrons. The highest BCUT2D eigenvalue weighted by molar-refractivity contribution is 6.29. The Balaban J connectivity index is 1.89. The van der Waals surface area contributed by atoms with Crippen LogP contribution in [0.15, 0.2) is 6.07 Å². The lowest BCUT2D eigenvalue weighted by Crippen LogP contribution is -2.42. The van der Waals surface area contributed by atoms with Gasteiger partial charge in [-0.15, -0.1) is 10.2 Å². The molecule has 0 unspecified atom stereocenters. The molecule has 1 fully saturated rings. The standard InChI is InChI=1S/C18H28ClN5O3/c1-5-20-16(25)15-13(10-14(19)22-23-15)21-11-12-6-8-24(9-7-12)17(26)27-18(2,3)4/h10,12H,5-9,11H2,1-4H3,(H,20,25)(H,21,22). The quantitative estimate of drug-likeness (QED) is 0.792. The molecule has 9 heteroatoms. The summed E-state index contributed by atoms with van der Waals surface area (Å²) in [5, 5.41) is 13.9. The van der Waals surface area contributed by atoms with E-state index < -0.39 is 5.60 Å². The molecule has 1 saturated heterocycles. The van der Waals surface area contributed by atoms with E-state index in [1.807, 2.05) is 27.7 Å². The van der Waals surface area contributed by atoms with Crippen LogP contribution < -0.4 is 10.6 Å². The van der Waals surface area contributed by atoms with Crippen LogP contribution in [0.4, 0.5) is 10.5 Å². The van der Waals surface area contributed by atoms with Crippen molar-refractivity contribution in [1.29, 1.82) is 0 Å². The molecule has 2 N–H and O–H groups in total. The highest BCUT2D eigenvalue weighted by atomic mass is 35.5. The van der Waals surface area contributed by atoms with Crippen LogP contribution in [0.2, 0.25) is 5.15 Å². The molecule has 0 atom stereocenters. The second-order valence-electron chi connectivity index (χ2n) is 7.58. The van der Waals surface area contributed by atoms with Gasteiger partial charge in [0, 0.05) is 32.2 Å². The molecule has 2 rings (SSSR count). The zero-order valence-electron chi connectivity index (χ0n) is 16.3. The van der Waals surface area contributed by atoms with Crippen molar-refractivity contribution >= 4 is 29.3 Å². The van der Waals surface area contributed by atoms with E-state index in [0.29, 0.717) is 37.8 Å². The average molecular weight is 398 g/mol. The third kappa shape index (κ3) is 6.53. The highest BCUT2D eigenvalue weighted by Crippen LogP contribution is 2.22. The van der Waals surface area contributed by atoms with E-state index >= 15 is 0 Å². The monoisotopic (exact) mass is 397 g/mol. The van der Waals surface area contributed by atoms with E-state index in [1.54, 1.807) is 11.0 Å². The van der Waals surface area contributed by atoms with Crippen LogP contribution in [-0.2, 0) is 4.74 Å². The van der Waals surface area contributed by atoms with Gasteiger partial charge in [0.1, 0.15) is 5.60 Å². The first kappa shape index (κ1) is 21.2. The van der Waals surface area contributed by atoms with Crippen molar-refractivity contribution in [3.63, 3.8) is 0 Å². The Bertz CT molecular complexity index is 669. The van der Waals surface area contributed by atoms with E-state index in [2.05, 4.69) is 20.8 Å². The number of carbonyl (C=O) groups excluding carboxylic acids is 2. The van der Waals surface area contributed by atoms with Crippen molar-refractivity contribution in [2.24, 2.45) is 5.92 Å². The first-order valence-electron chi connectivity index (χ1n) is 9.23. The molecule has 0 spiro atoms. The first-order chi connectivity index (χ1) is 12.7. The largest absolute Gasteiger partial charge is 0.444 e. The Morgan fingerprint density at radius 2 is 1.96 bits per heavy atom. The first-order valence-corrected chi connectivity index (χ1v) is 9.60. The summed E-state index contributed by atoms with van der Waals surface area (Å²) in [4.78, 5) is 26.0. The summed E-state index contributed by atoms with van der Waals surface area (Å²) in [5.41, 5.74) is 0.307. The Morgan fingerprint density at radius 3 is 2.56 bits per heavy atom. The van der Waals surface area contributed by atoms with Gasteiger partial charge < -0.3 is 20.3 Å². The van der Waals surface area contributed by atoms with Gasteiger partial charge in [-0.05, 0) is 46.5 Å². The van der Waals surface area contributed by atoms with Gasteiger partial charge in [0.05, 0.1) is 5.69 Å². The van der Waals surface area contributed by atoms with Crippen molar-refractivity contribution in [1.82, 2.24) is 20.4 Å². The lowest BCUT2D eigenvalue weighted by atomic mass is 9.97. The fourth-order valence-corrected chi connectivity index (χ4v) is 2.96. The molecule has 27 heavy (non-hydrogen) atoms. The molecule has 0 saturated carbocycles. The van der Waals surface area contributed by atoms with Gasteiger partial charge in [-0.2, -0.15) is 0 Å². The van der Waals surface area contributed by atoms with Crippen molar-refractivity contribution in [2.75, 3.05) is 31.5 Å². The van der Waals surface area contributed by atoms with E-state index in [0.717, 1.165) is 12.8 Å². The number of rotatable bonds is 5. The Hall–Kier alpha value is -2.09. The fourth-order valence-electron chi connectivity index (χ4n) is 2.82. The summed E-state index contributed by atoms with van der Waals surface area (Å²) in [6.07, 6.45) is 1.45. The second kappa shape index (κ2) is 9.21. The van der Waals surface area contributed by atoms with Gasteiger partial charge in [0.25, 0.3) is 5.91 Å². The molecule has 1 aliphatic heterocycles. The summed E-state index contributed by atoms with van der Waals surface area (Å²) in [7, 11) is 0. The highest BCUT2D eigenvalue weighted by Gasteiger charge is 2.27. The molecule has 2 heterocycles. The number of amides is 2. The third-order valence-electron chi connectivity index (χ3n) is 4.16. The zero-order valence-corrected chi connectivity index (χ0v) is 17.1. The van der Waals surface area contributed by atoms with Crippen LogP contribution in [0.5, 0.6) is 0 Å². The smallest absolute Gasteiger partial charge is 0.410 e. The summed E-state index contributed by atoms with van der Waals surface area (Å²) in [6.45, 7) is 9.90. The van der Waals surface area contributed by atoms with Crippen LogP contribution in [0.3, 0.4) is 0 Å². The molecule has 150 valence electrons. The van der Waals surface area contributed by atoms with Crippen LogP contribution in [0, 0.1) is 5.92 Å². The lowest BCUT2D eigenvalue weighted by molar-refractivity contribution is 0.0188. The molecule has 0 aliphatic carbocycles. The van der Waals surface area contributed by atoms with Gasteiger partial charge in [0.15, 0.2) is 10.8 Å². The van der Waals surface area contributed by atoms with Crippen LogP contribution in [0.1, 0.15) is 51.0 Å². The summed E-state index contributed by atoms with van der Waals surface area (Å²) < 4.78 is 5.42. The number of likely N-dealkylation sites (tertiary alicyclic amines) is 1. The lowest BCUT2D eigenvalue weighted by Gasteiger charge is -2.33. The number of piperidine rings is 1. The molecular formula is C18H28ClN5O3. The van der Waals surface area contributed by atoms with Crippen molar-refractivity contribution < 1.29 is 14.3 Å². The number of ether oxygens (including phenoxy) is 1. The molecule has 2 amide bonds. The minimum Gasteiger partial charge on any atom is -0.444 e. The van der Waals surface area contributed by atoms with E-state index in [1.165, 1.54) is 0 Å². The maximum absolute atomic E-state index is 12.1. The number of hydrogen-bond donors (Lipinski definition) is 2. The van der Waals surface area contributed by atoms with Gasteiger partial charge in [-0.3, -0.25) is 4.79 Å². The third-order valence-corrected chi connectivity index (χ3v) is 4.35. The Labute approximate surface area is 165 Å². The molecule has 8 nitrogen and oxygen atoms in total. The minimum atomic E-state index is -0.488. The summed E-state index contributed by atoms with van der Waals surface area (Å²) >= 11 is 5.92. The number of nitrogens with zero attached hydrogens (tertiary/aromatic N) is 3. The number of aromatic nitrogens is 2. The average Bonchev–Trinajstić information content (AvgIpc) is 2.59. The van der Waals surface area contributed by atoms with Gasteiger partial charge in [0.2, 0.25) is 0 Å². The van der Waals surface area contributed by atoms with Crippen molar-refractivity contribution in [3.8, 4) is 0 Å². The van der Waals surface area contributed by atoms with E-state index in [9.17, 15) is 9.59 Å². The van der Waals surface area contributed by atoms with E-state index in [-0.39, 0.29) is 22.8 Å². The number of nitrogens with one attached hydrogen (secondary N) is 2. The molecule has 0 bridgehead atoms. The maximum Gasteiger partial charge on any atom is 0.410 e. The van der Waals surface area contributed by atoms with Gasteiger partial charge in [-0.1, -0.05) is 11.6 Å². The predicted molar refractivity (Wildman–Crippen MR) is 104 cm³/mol. The fraction of sp³-hybridized carbons (Fsp3) is 0.667. The Kier molecular flexibility index (Phi) is 7.24. The molecule has 1 aliphatic rings. The number of carbonyl (C=O) groups is 2. The van der Waals surface area contributed by atoms with E-state index in [4.69, 9.17) is 16.3 Å². The Morgan fingerprint density at radius 1 is 1.30 bits per heavy atom. The van der Waals surface area contributed by atoms with Crippen LogP contribution in [0.25, 0.3) is 0 Å². The van der Waals surface area contributed by atoms with Gasteiger partial charge in [-0.25, -0.2) is 4.79 Å². The van der Waals surface area contributed by atoms with Crippen LogP contribution in [-0.4, -0.2) is 58.9 Å². The number of hydrogen-bond acceptors (Lipinski definition) is 6. The zero-order chi connectivity index (χ0) is 20.0. The topological polar surface area (TPSA) is 96.5 Å². The molecule has 1 aromatic heterocycles. The normalized spacial score (nSPS) is 15.4. The van der Waals surface area contributed by atoms with Crippen molar-refractivity contribution in [2.45, 2.75) is 46.1 Å². The van der Waals surface area contributed by atoms with Gasteiger partial charge >= 0.3 is 6.09 Å². The van der Waals surface area contributed by atoms with Crippen LogP contribution >= 0.6 is 11.6 Å². The number of halogens is 1. The summed E-state index contributed by atoms with van der Waals surface area (Å²) in [5.74, 6) is 0.0848. The number of anilines is 1. The minimum absolute atomic E-state index is 0.227. The predicted octanol–water partition coefficient (Wildman–Crippen LogP) is 2.94. The SMILES string of the molecule is CCNC(=O)c1nnc(Cl)cc1NCC1CCN(C(=O)OC(C)(C)C)CC1. The maximum atomic E-state index is 12.1.